The average molecular weight is 344 g/mol. The van der Waals surface area contributed by atoms with Gasteiger partial charge >= 0.3 is 0 Å². The number of amides is 1. The number of carbonyl (C=O) groups excluding carboxylic acids is 1. The van der Waals surface area contributed by atoms with Gasteiger partial charge in [-0.05, 0) is 25.0 Å². The lowest BCUT2D eigenvalue weighted by Crippen LogP contribution is -2.52. The second-order valence-corrected chi connectivity index (χ2v) is 5.21. The van der Waals surface area contributed by atoms with E-state index in [1.54, 1.807) is 0 Å². The van der Waals surface area contributed by atoms with Crippen LogP contribution in [0.4, 0.5) is 4.39 Å². The van der Waals surface area contributed by atoms with Crippen LogP contribution in [0.25, 0.3) is 0 Å². The molecule has 3 N–H and O–H groups in total. The Kier molecular flexibility index (Phi) is 7.81. The Balaban J connectivity index is 0.00000361. The fourth-order valence-electron chi connectivity index (χ4n) is 1.77. The maximum atomic E-state index is 13.4. The second kappa shape index (κ2) is 8.03. The Morgan fingerprint density at radius 3 is 2.30 bits per heavy atom. The van der Waals surface area contributed by atoms with Crippen molar-refractivity contribution in [3.8, 4) is 0 Å². The Bertz CT molecular complexity index is 471. The van der Waals surface area contributed by atoms with Crippen LogP contribution in [-0.2, 0) is 0 Å². The summed E-state index contributed by atoms with van der Waals surface area (Å²) in [5.41, 5.74) is 5.26. The zero-order chi connectivity index (χ0) is 14.6. The molecule has 0 spiro atoms. The van der Waals surface area contributed by atoms with Gasteiger partial charge in [0, 0.05) is 6.54 Å². The molecule has 0 aliphatic carbocycles. The van der Waals surface area contributed by atoms with Crippen molar-refractivity contribution >= 4 is 41.5 Å². The predicted octanol–water partition coefficient (Wildman–Crippen LogP) is 3.80. The first-order chi connectivity index (χ1) is 8.89. The maximum Gasteiger partial charge on any atom is 0.253 e. The molecule has 20 heavy (non-hydrogen) atoms. The van der Waals surface area contributed by atoms with Crippen molar-refractivity contribution in [3.63, 3.8) is 0 Å². The average Bonchev–Trinajstić information content (AvgIpc) is 2.40. The first kappa shape index (κ1) is 19.4. The SMILES string of the molecule is CCC(CC)(CN)NC(=O)c1cc(F)c(Cl)cc1Cl.Cl. The number of nitrogens with two attached hydrogens (primary N) is 1. The molecule has 0 bridgehead atoms. The Morgan fingerprint density at radius 2 is 1.85 bits per heavy atom. The summed E-state index contributed by atoms with van der Waals surface area (Å²) in [6.07, 6.45) is 1.36. The van der Waals surface area contributed by atoms with E-state index >= 15 is 0 Å². The molecule has 0 heterocycles. The van der Waals surface area contributed by atoms with Gasteiger partial charge in [0.1, 0.15) is 5.82 Å². The predicted molar refractivity (Wildman–Crippen MR) is 83.5 cm³/mol. The molecular formula is C13H18Cl3FN2O. The highest BCUT2D eigenvalue weighted by Gasteiger charge is 2.27. The highest BCUT2D eigenvalue weighted by Crippen LogP contribution is 2.25. The number of hydrogen-bond donors (Lipinski definition) is 2. The minimum absolute atomic E-state index is 0. The summed E-state index contributed by atoms with van der Waals surface area (Å²) in [5, 5.41) is 2.82. The number of nitrogens with one attached hydrogen (secondary N) is 1. The van der Waals surface area contributed by atoms with Crippen molar-refractivity contribution in [2.75, 3.05) is 6.54 Å². The van der Waals surface area contributed by atoms with Crippen molar-refractivity contribution in [1.82, 2.24) is 5.32 Å². The second-order valence-electron chi connectivity index (χ2n) is 4.39. The third-order valence-electron chi connectivity index (χ3n) is 3.38. The smallest absolute Gasteiger partial charge is 0.253 e. The van der Waals surface area contributed by atoms with E-state index in [2.05, 4.69) is 5.32 Å². The van der Waals surface area contributed by atoms with Crippen LogP contribution in [0, 0.1) is 5.82 Å². The number of carbonyl (C=O) groups is 1. The summed E-state index contributed by atoms with van der Waals surface area (Å²) in [7, 11) is 0. The Morgan fingerprint density at radius 1 is 1.30 bits per heavy atom. The molecule has 0 fully saturated rings. The summed E-state index contributed by atoms with van der Waals surface area (Å²) in [6, 6.07) is 2.25. The molecule has 0 radical (unpaired) electrons. The van der Waals surface area contributed by atoms with Crippen LogP contribution < -0.4 is 11.1 Å². The first-order valence-electron chi connectivity index (χ1n) is 6.06. The minimum atomic E-state index is -0.678. The standard InChI is InChI=1S/C13H17Cl2FN2O.ClH/c1-3-13(4-2,7-17)18-12(19)8-5-11(16)10(15)6-9(8)14;/h5-6H,3-4,7,17H2,1-2H3,(H,18,19);1H. The van der Waals surface area contributed by atoms with Gasteiger partial charge in [-0.25, -0.2) is 4.39 Å². The molecule has 114 valence electrons. The molecular weight excluding hydrogens is 326 g/mol. The van der Waals surface area contributed by atoms with Crippen molar-refractivity contribution in [1.29, 1.82) is 0 Å². The third-order valence-corrected chi connectivity index (χ3v) is 3.98. The zero-order valence-corrected chi connectivity index (χ0v) is 13.6. The lowest BCUT2D eigenvalue weighted by molar-refractivity contribution is 0.0895. The van der Waals surface area contributed by atoms with E-state index in [0.717, 1.165) is 6.07 Å². The molecule has 0 aliphatic heterocycles. The summed E-state index contributed by atoms with van der Waals surface area (Å²) >= 11 is 11.5. The van der Waals surface area contributed by atoms with Crippen molar-refractivity contribution in [2.24, 2.45) is 5.73 Å². The summed E-state index contributed by atoms with van der Waals surface area (Å²) in [6.45, 7) is 4.17. The molecule has 3 nitrogen and oxygen atoms in total. The van der Waals surface area contributed by atoms with Crippen LogP contribution in [0.3, 0.4) is 0 Å². The normalized spacial score (nSPS) is 10.9. The molecule has 1 amide bonds. The van der Waals surface area contributed by atoms with Crippen LogP contribution in [0.5, 0.6) is 0 Å². The van der Waals surface area contributed by atoms with Gasteiger partial charge in [0.25, 0.3) is 5.91 Å². The number of hydrogen-bond acceptors (Lipinski definition) is 2. The topological polar surface area (TPSA) is 55.1 Å². The van der Waals surface area contributed by atoms with E-state index in [1.807, 2.05) is 13.8 Å². The minimum Gasteiger partial charge on any atom is -0.345 e. The van der Waals surface area contributed by atoms with E-state index in [-0.39, 0.29) is 28.0 Å². The van der Waals surface area contributed by atoms with Gasteiger partial charge in [-0.3, -0.25) is 4.79 Å². The molecule has 0 saturated heterocycles. The summed E-state index contributed by atoms with van der Waals surface area (Å²) in [5.74, 6) is -1.13. The van der Waals surface area contributed by atoms with Crippen molar-refractivity contribution < 1.29 is 9.18 Å². The van der Waals surface area contributed by atoms with Crippen LogP contribution in [0.15, 0.2) is 12.1 Å². The third kappa shape index (κ3) is 4.22. The lowest BCUT2D eigenvalue weighted by atomic mass is 9.92. The fraction of sp³-hybridized carbons (Fsp3) is 0.462. The Hall–Kier alpha value is -0.550. The first-order valence-corrected chi connectivity index (χ1v) is 6.81. The monoisotopic (exact) mass is 342 g/mol. The van der Waals surface area contributed by atoms with E-state index in [9.17, 15) is 9.18 Å². The number of rotatable bonds is 5. The fourth-order valence-corrected chi connectivity index (χ4v) is 2.24. The summed E-state index contributed by atoms with van der Waals surface area (Å²) in [4.78, 5) is 12.2. The van der Waals surface area contributed by atoms with Gasteiger partial charge in [-0.2, -0.15) is 0 Å². The molecule has 1 rings (SSSR count). The molecule has 1 aromatic carbocycles. The largest absolute Gasteiger partial charge is 0.345 e. The van der Waals surface area contributed by atoms with Crippen LogP contribution >= 0.6 is 35.6 Å². The highest BCUT2D eigenvalue weighted by molar-refractivity contribution is 6.36. The van der Waals surface area contributed by atoms with E-state index < -0.39 is 17.3 Å². The van der Waals surface area contributed by atoms with Crippen LogP contribution in [0.2, 0.25) is 10.0 Å². The zero-order valence-electron chi connectivity index (χ0n) is 11.3. The van der Waals surface area contributed by atoms with Gasteiger partial charge in [0.15, 0.2) is 0 Å². The van der Waals surface area contributed by atoms with Gasteiger partial charge in [0.05, 0.1) is 21.1 Å². The van der Waals surface area contributed by atoms with Crippen LogP contribution in [-0.4, -0.2) is 18.0 Å². The molecule has 0 aliphatic rings. The number of benzene rings is 1. The molecule has 0 unspecified atom stereocenters. The van der Waals surface area contributed by atoms with Gasteiger partial charge < -0.3 is 11.1 Å². The quantitative estimate of drug-likeness (QED) is 0.799. The van der Waals surface area contributed by atoms with E-state index in [1.165, 1.54) is 6.07 Å². The lowest BCUT2D eigenvalue weighted by Gasteiger charge is -2.31. The van der Waals surface area contributed by atoms with Gasteiger partial charge in [0.2, 0.25) is 0 Å². The molecule has 0 atom stereocenters. The number of halogens is 4. The molecule has 0 aromatic heterocycles. The van der Waals surface area contributed by atoms with E-state index in [4.69, 9.17) is 28.9 Å². The van der Waals surface area contributed by atoms with Gasteiger partial charge in [-0.1, -0.05) is 37.0 Å². The Labute approximate surface area is 134 Å². The maximum absolute atomic E-state index is 13.4. The van der Waals surface area contributed by atoms with Crippen LogP contribution in [0.1, 0.15) is 37.0 Å². The molecule has 7 heteroatoms. The summed E-state index contributed by atoms with van der Waals surface area (Å²) < 4.78 is 13.4. The van der Waals surface area contributed by atoms with Crippen molar-refractivity contribution in [2.45, 2.75) is 32.2 Å². The molecule has 1 aromatic rings. The van der Waals surface area contributed by atoms with Gasteiger partial charge in [-0.15, -0.1) is 12.4 Å². The van der Waals surface area contributed by atoms with Crippen molar-refractivity contribution in [3.05, 3.63) is 33.6 Å². The molecule has 0 saturated carbocycles. The highest BCUT2D eigenvalue weighted by atomic mass is 35.5. The van der Waals surface area contributed by atoms with E-state index in [0.29, 0.717) is 19.4 Å².